The number of nitrogens with zero attached hydrogens (tertiary/aromatic N) is 1. The lowest BCUT2D eigenvalue weighted by Gasteiger charge is -2.25. The molecule has 1 aliphatic carbocycles. The Bertz CT molecular complexity index is 173. The molecule has 1 aliphatic rings. The van der Waals surface area contributed by atoms with E-state index in [0.29, 0.717) is 12.6 Å². The molecule has 0 aliphatic heterocycles. The number of amides is 2. The quantitative estimate of drug-likeness (QED) is 0.638. The second kappa shape index (κ2) is 4.14. The van der Waals surface area contributed by atoms with Gasteiger partial charge in [0.05, 0.1) is 0 Å². The summed E-state index contributed by atoms with van der Waals surface area (Å²) in [5, 5.41) is 0. The molecule has 0 spiro atoms. The fourth-order valence-electron chi connectivity index (χ4n) is 1.77. The molecule has 0 aromatic carbocycles. The monoisotopic (exact) mass is 168 g/mol. The number of carbonyl (C=O) groups excluding carboxylic acids is 1. The summed E-state index contributed by atoms with van der Waals surface area (Å²) in [6.45, 7) is 4.19. The van der Waals surface area contributed by atoms with Gasteiger partial charge in [-0.05, 0) is 12.8 Å². The molecule has 0 atom stereocenters. The maximum absolute atomic E-state index is 11.0. The predicted octanol–water partition coefficient (Wildman–Crippen LogP) is 1.50. The zero-order valence-electron chi connectivity index (χ0n) is 7.33. The molecule has 1 saturated carbocycles. The lowest BCUT2D eigenvalue weighted by Crippen LogP contribution is -2.42. The molecule has 0 bridgehead atoms. The van der Waals surface area contributed by atoms with Crippen molar-refractivity contribution < 1.29 is 4.79 Å². The first kappa shape index (κ1) is 9.10. The van der Waals surface area contributed by atoms with Crippen LogP contribution in [0.1, 0.15) is 25.7 Å². The van der Waals surface area contributed by atoms with Gasteiger partial charge in [0.2, 0.25) is 0 Å². The lowest BCUT2D eigenvalue weighted by atomic mass is 10.2. The van der Waals surface area contributed by atoms with Crippen LogP contribution in [0.3, 0.4) is 0 Å². The van der Waals surface area contributed by atoms with Crippen LogP contribution < -0.4 is 5.73 Å². The van der Waals surface area contributed by atoms with E-state index in [-0.39, 0.29) is 6.03 Å². The van der Waals surface area contributed by atoms with Crippen LogP contribution >= 0.6 is 0 Å². The zero-order valence-corrected chi connectivity index (χ0v) is 7.33. The highest BCUT2D eigenvalue weighted by Crippen LogP contribution is 2.22. The van der Waals surface area contributed by atoms with E-state index in [1.165, 1.54) is 12.8 Å². The van der Waals surface area contributed by atoms with E-state index in [4.69, 9.17) is 5.73 Å². The minimum atomic E-state index is -0.318. The Hall–Kier alpha value is -0.990. The average Bonchev–Trinajstić information content (AvgIpc) is 2.51. The third-order valence-corrected chi connectivity index (χ3v) is 2.37. The van der Waals surface area contributed by atoms with Crippen molar-refractivity contribution in [2.45, 2.75) is 31.7 Å². The minimum Gasteiger partial charge on any atom is -0.351 e. The molecule has 68 valence electrons. The summed E-state index contributed by atoms with van der Waals surface area (Å²) in [5.41, 5.74) is 5.24. The van der Waals surface area contributed by atoms with Gasteiger partial charge in [-0.2, -0.15) is 0 Å². The molecular formula is C9H16N2O. The fraction of sp³-hybridized carbons (Fsp3) is 0.667. The summed E-state index contributed by atoms with van der Waals surface area (Å²) in [4.78, 5) is 12.7. The Labute approximate surface area is 73.2 Å². The molecule has 12 heavy (non-hydrogen) atoms. The van der Waals surface area contributed by atoms with Crippen molar-refractivity contribution in [2.24, 2.45) is 5.73 Å². The largest absolute Gasteiger partial charge is 0.351 e. The molecule has 3 nitrogen and oxygen atoms in total. The van der Waals surface area contributed by atoms with Gasteiger partial charge in [-0.3, -0.25) is 0 Å². The standard InChI is InChI=1S/C9H16N2O/c1-2-7-11(9(10)12)8-5-3-4-6-8/h2,8H,1,3-7H2,(H2,10,12). The summed E-state index contributed by atoms with van der Waals surface area (Å²) in [7, 11) is 0. The normalized spacial score (nSPS) is 17.7. The summed E-state index contributed by atoms with van der Waals surface area (Å²) in [5.74, 6) is 0. The Morgan fingerprint density at radius 3 is 2.58 bits per heavy atom. The van der Waals surface area contributed by atoms with E-state index < -0.39 is 0 Å². The maximum atomic E-state index is 11.0. The van der Waals surface area contributed by atoms with Gasteiger partial charge in [0, 0.05) is 12.6 Å². The summed E-state index contributed by atoms with van der Waals surface area (Å²) in [6.07, 6.45) is 6.34. The number of hydrogen-bond donors (Lipinski definition) is 1. The highest BCUT2D eigenvalue weighted by Gasteiger charge is 2.23. The van der Waals surface area contributed by atoms with Crippen LogP contribution in [0.2, 0.25) is 0 Å². The topological polar surface area (TPSA) is 46.3 Å². The molecule has 0 aromatic rings. The minimum absolute atomic E-state index is 0.318. The van der Waals surface area contributed by atoms with Gasteiger partial charge in [0.1, 0.15) is 0 Å². The zero-order chi connectivity index (χ0) is 8.97. The van der Waals surface area contributed by atoms with Crippen molar-refractivity contribution in [3.05, 3.63) is 12.7 Å². The van der Waals surface area contributed by atoms with Crippen LogP contribution in [0, 0.1) is 0 Å². The van der Waals surface area contributed by atoms with E-state index in [0.717, 1.165) is 12.8 Å². The van der Waals surface area contributed by atoms with Crippen molar-refractivity contribution in [3.8, 4) is 0 Å². The van der Waals surface area contributed by atoms with E-state index in [1.54, 1.807) is 11.0 Å². The molecule has 1 fully saturated rings. The second-order valence-corrected chi connectivity index (χ2v) is 3.22. The van der Waals surface area contributed by atoms with E-state index in [2.05, 4.69) is 6.58 Å². The third-order valence-electron chi connectivity index (χ3n) is 2.37. The van der Waals surface area contributed by atoms with Crippen molar-refractivity contribution in [2.75, 3.05) is 6.54 Å². The maximum Gasteiger partial charge on any atom is 0.315 e. The highest BCUT2D eigenvalue weighted by molar-refractivity contribution is 5.72. The Morgan fingerprint density at radius 1 is 1.58 bits per heavy atom. The average molecular weight is 168 g/mol. The Balaban J connectivity index is 2.51. The van der Waals surface area contributed by atoms with Crippen LogP contribution in [0.25, 0.3) is 0 Å². The van der Waals surface area contributed by atoms with Crippen molar-refractivity contribution in [1.82, 2.24) is 4.90 Å². The molecular weight excluding hydrogens is 152 g/mol. The highest BCUT2D eigenvalue weighted by atomic mass is 16.2. The van der Waals surface area contributed by atoms with Crippen LogP contribution in [-0.2, 0) is 0 Å². The van der Waals surface area contributed by atoms with Crippen molar-refractivity contribution in [3.63, 3.8) is 0 Å². The van der Waals surface area contributed by atoms with Gasteiger partial charge in [-0.25, -0.2) is 4.79 Å². The Kier molecular flexibility index (Phi) is 3.14. The van der Waals surface area contributed by atoms with E-state index >= 15 is 0 Å². The first-order valence-corrected chi connectivity index (χ1v) is 4.42. The first-order chi connectivity index (χ1) is 5.75. The molecule has 0 heterocycles. The molecule has 0 unspecified atom stereocenters. The number of nitrogens with two attached hydrogens (primary N) is 1. The molecule has 3 heteroatoms. The number of primary amides is 1. The molecule has 1 rings (SSSR count). The Morgan fingerprint density at radius 2 is 2.17 bits per heavy atom. The lowest BCUT2D eigenvalue weighted by molar-refractivity contribution is 0.192. The third kappa shape index (κ3) is 2.00. The molecule has 2 amide bonds. The van der Waals surface area contributed by atoms with E-state index in [1.807, 2.05) is 0 Å². The number of rotatable bonds is 3. The first-order valence-electron chi connectivity index (χ1n) is 4.42. The molecule has 0 saturated heterocycles. The summed E-state index contributed by atoms with van der Waals surface area (Å²) < 4.78 is 0. The van der Waals surface area contributed by atoms with Crippen LogP contribution in [0.4, 0.5) is 4.79 Å². The summed E-state index contributed by atoms with van der Waals surface area (Å²) >= 11 is 0. The van der Waals surface area contributed by atoms with Crippen molar-refractivity contribution >= 4 is 6.03 Å². The van der Waals surface area contributed by atoms with Gasteiger partial charge in [-0.15, -0.1) is 6.58 Å². The van der Waals surface area contributed by atoms with Gasteiger partial charge in [0.15, 0.2) is 0 Å². The van der Waals surface area contributed by atoms with E-state index in [9.17, 15) is 4.79 Å². The number of carbonyl (C=O) groups is 1. The SMILES string of the molecule is C=CCN(C(N)=O)C1CCCC1. The van der Waals surface area contributed by atoms with Gasteiger partial charge in [-0.1, -0.05) is 18.9 Å². The van der Waals surface area contributed by atoms with Crippen LogP contribution in [-0.4, -0.2) is 23.5 Å². The van der Waals surface area contributed by atoms with Crippen LogP contribution in [0.5, 0.6) is 0 Å². The predicted molar refractivity (Wildman–Crippen MR) is 48.7 cm³/mol. The number of hydrogen-bond acceptors (Lipinski definition) is 1. The molecule has 0 radical (unpaired) electrons. The van der Waals surface area contributed by atoms with Gasteiger partial charge >= 0.3 is 6.03 Å². The fourth-order valence-corrected chi connectivity index (χ4v) is 1.77. The molecule has 2 N–H and O–H groups in total. The number of urea groups is 1. The van der Waals surface area contributed by atoms with Crippen molar-refractivity contribution in [1.29, 1.82) is 0 Å². The smallest absolute Gasteiger partial charge is 0.315 e. The molecule has 0 aromatic heterocycles. The second-order valence-electron chi connectivity index (χ2n) is 3.22. The van der Waals surface area contributed by atoms with Gasteiger partial charge < -0.3 is 10.6 Å². The van der Waals surface area contributed by atoms with Crippen LogP contribution in [0.15, 0.2) is 12.7 Å². The summed E-state index contributed by atoms with van der Waals surface area (Å²) in [6, 6.07) is 0.0438. The van der Waals surface area contributed by atoms with Gasteiger partial charge in [0.25, 0.3) is 0 Å².